The molecular formula is C12H16ClNO2S. The second-order valence-corrected chi connectivity index (χ2v) is 5.74. The summed E-state index contributed by atoms with van der Waals surface area (Å²) in [6, 6.07) is 7.00. The van der Waals surface area contributed by atoms with Gasteiger partial charge in [0, 0.05) is 23.5 Å². The van der Waals surface area contributed by atoms with Crippen LogP contribution >= 0.6 is 11.6 Å². The Kier molecular flexibility index (Phi) is 5.18. The summed E-state index contributed by atoms with van der Waals surface area (Å²) < 4.78 is 25.1. The van der Waals surface area contributed by atoms with Gasteiger partial charge in [-0.15, -0.1) is 0 Å². The Morgan fingerprint density at radius 2 is 1.71 bits per heavy atom. The van der Waals surface area contributed by atoms with E-state index in [0.717, 1.165) is 5.56 Å². The number of rotatable bonds is 5. The van der Waals surface area contributed by atoms with Gasteiger partial charge in [-0.05, 0) is 23.8 Å². The van der Waals surface area contributed by atoms with Crippen molar-refractivity contribution in [2.75, 3.05) is 13.1 Å². The maximum atomic E-state index is 11.8. The average molecular weight is 274 g/mol. The highest BCUT2D eigenvalue weighted by atomic mass is 35.5. The Bertz CT molecular complexity index is 476. The van der Waals surface area contributed by atoms with Crippen LogP contribution in [0.25, 0.3) is 6.08 Å². The van der Waals surface area contributed by atoms with Crippen molar-refractivity contribution in [3.63, 3.8) is 0 Å². The lowest BCUT2D eigenvalue weighted by Gasteiger charge is -2.15. The molecule has 0 bridgehead atoms. The lowest BCUT2D eigenvalue weighted by atomic mass is 10.2. The number of hydrogen-bond donors (Lipinski definition) is 0. The third-order valence-corrected chi connectivity index (χ3v) is 4.34. The molecule has 5 heteroatoms. The zero-order valence-corrected chi connectivity index (χ0v) is 11.5. The SMILES string of the molecule is CCN(CC)S(=O)(=O)C=Cc1ccc(Cl)cc1. The number of halogens is 1. The highest BCUT2D eigenvalue weighted by Gasteiger charge is 2.14. The summed E-state index contributed by atoms with van der Waals surface area (Å²) in [5.41, 5.74) is 0.810. The van der Waals surface area contributed by atoms with Gasteiger partial charge < -0.3 is 0 Å². The van der Waals surface area contributed by atoms with E-state index in [-0.39, 0.29) is 0 Å². The van der Waals surface area contributed by atoms with Crippen molar-refractivity contribution in [1.29, 1.82) is 0 Å². The van der Waals surface area contributed by atoms with E-state index in [9.17, 15) is 8.42 Å². The molecule has 0 N–H and O–H groups in total. The summed E-state index contributed by atoms with van der Waals surface area (Å²) >= 11 is 5.75. The highest BCUT2D eigenvalue weighted by molar-refractivity contribution is 7.92. The Balaban J connectivity index is 2.87. The van der Waals surface area contributed by atoms with E-state index >= 15 is 0 Å². The standard InChI is InChI=1S/C12H16ClNO2S/c1-3-14(4-2)17(15,16)10-9-11-5-7-12(13)8-6-11/h5-10H,3-4H2,1-2H3. The smallest absolute Gasteiger partial charge is 0.208 e. The fourth-order valence-electron chi connectivity index (χ4n) is 1.41. The fourth-order valence-corrected chi connectivity index (χ4v) is 2.76. The van der Waals surface area contributed by atoms with Crippen molar-refractivity contribution in [2.24, 2.45) is 0 Å². The maximum Gasteiger partial charge on any atom is 0.236 e. The molecular weight excluding hydrogens is 258 g/mol. The Morgan fingerprint density at radius 3 is 2.18 bits per heavy atom. The highest BCUT2D eigenvalue weighted by Crippen LogP contribution is 2.12. The predicted octanol–water partition coefficient (Wildman–Crippen LogP) is 2.98. The average Bonchev–Trinajstić information content (AvgIpc) is 2.29. The Labute approximate surface area is 108 Å². The molecule has 1 aromatic rings. The van der Waals surface area contributed by atoms with Gasteiger partial charge in [0.1, 0.15) is 0 Å². The summed E-state index contributed by atoms with van der Waals surface area (Å²) in [4.78, 5) is 0. The molecule has 94 valence electrons. The molecule has 1 rings (SSSR count). The molecule has 0 amide bonds. The van der Waals surface area contributed by atoms with Crippen LogP contribution in [0.5, 0.6) is 0 Å². The minimum Gasteiger partial charge on any atom is -0.208 e. The van der Waals surface area contributed by atoms with Crippen molar-refractivity contribution in [2.45, 2.75) is 13.8 Å². The van der Waals surface area contributed by atoms with Gasteiger partial charge in [-0.3, -0.25) is 0 Å². The van der Waals surface area contributed by atoms with Crippen LogP contribution in [-0.2, 0) is 10.0 Å². The van der Waals surface area contributed by atoms with E-state index in [2.05, 4.69) is 0 Å². The van der Waals surface area contributed by atoms with Crippen molar-refractivity contribution < 1.29 is 8.42 Å². The molecule has 0 fully saturated rings. The van der Waals surface area contributed by atoms with Gasteiger partial charge >= 0.3 is 0 Å². The number of hydrogen-bond acceptors (Lipinski definition) is 2. The summed E-state index contributed by atoms with van der Waals surface area (Å²) in [5, 5.41) is 1.86. The van der Waals surface area contributed by atoms with E-state index in [1.807, 2.05) is 13.8 Å². The molecule has 0 saturated heterocycles. The monoisotopic (exact) mass is 273 g/mol. The molecule has 0 aliphatic heterocycles. The lowest BCUT2D eigenvalue weighted by Crippen LogP contribution is -2.28. The zero-order chi connectivity index (χ0) is 12.9. The summed E-state index contributed by atoms with van der Waals surface area (Å²) in [7, 11) is -3.31. The molecule has 0 aliphatic rings. The number of benzene rings is 1. The molecule has 17 heavy (non-hydrogen) atoms. The molecule has 3 nitrogen and oxygen atoms in total. The Morgan fingerprint density at radius 1 is 1.18 bits per heavy atom. The van der Waals surface area contributed by atoms with Crippen LogP contribution in [-0.4, -0.2) is 25.8 Å². The fraction of sp³-hybridized carbons (Fsp3) is 0.333. The Hall–Kier alpha value is -0.840. The number of nitrogens with zero attached hydrogens (tertiary/aromatic N) is 1. The van der Waals surface area contributed by atoms with Gasteiger partial charge in [0.15, 0.2) is 0 Å². The zero-order valence-electron chi connectivity index (χ0n) is 9.93. The molecule has 0 aromatic heterocycles. The number of sulfonamides is 1. The largest absolute Gasteiger partial charge is 0.236 e. The second-order valence-electron chi connectivity index (χ2n) is 3.48. The van der Waals surface area contributed by atoms with Crippen LogP contribution < -0.4 is 0 Å². The molecule has 0 saturated carbocycles. The van der Waals surface area contributed by atoms with Crippen molar-refractivity contribution >= 4 is 27.7 Å². The molecule has 0 atom stereocenters. The van der Waals surface area contributed by atoms with Gasteiger partial charge in [-0.2, -0.15) is 4.31 Å². The van der Waals surface area contributed by atoms with Crippen molar-refractivity contribution in [3.05, 3.63) is 40.3 Å². The predicted molar refractivity (Wildman–Crippen MR) is 72.3 cm³/mol. The van der Waals surface area contributed by atoms with Crippen LogP contribution in [0.3, 0.4) is 0 Å². The first-order valence-corrected chi connectivity index (χ1v) is 7.31. The summed E-state index contributed by atoms with van der Waals surface area (Å²) in [6.07, 6.45) is 1.57. The van der Waals surface area contributed by atoms with Gasteiger partial charge in [0.05, 0.1) is 0 Å². The van der Waals surface area contributed by atoms with Crippen LogP contribution in [0.2, 0.25) is 5.02 Å². The molecule has 0 heterocycles. The molecule has 0 unspecified atom stereocenters. The van der Waals surface area contributed by atoms with Crippen LogP contribution in [0.1, 0.15) is 19.4 Å². The van der Waals surface area contributed by atoms with E-state index in [0.29, 0.717) is 18.1 Å². The second kappa shape index (κ2) is 6.19. The first-order chi connectivity index (χ1) is 7.99. The van der Waals surface area contributed by atoms with Crippen LogP contribution in [0, 0.1) is 0 Å². The molecule has 0 spiro atoms. The van der Waals surface area contributed by atoms with Crippen LogP contribution in [0.4, 0.5) is 0 Å². The van der Waals surface area contributed by atoms with E-state index in [4.69, 9.17) is 11.6 Å². The van der Waals surface area contributed by atoms with E-state index in [1.165, 1.54) is 9.71 Å². The summed E-state index contributed by atoms with van der Waals surface area (Å²) in [6.45, 7) is 4.59. The molecule has 0 radical (unpaired) electrons. The van der Waals surface area contributed by atoms with E-state index in [1.54, 1.807) is 30.3 Å². The molecule has 1 aromatic carbocycles. The first kappa shape index (κ1) is 14.2. The van der Waals surface area contributed by atoms with Crippen molar-refractivity contribution in [1.82, 2.24) is 4.31 Å². The third-order valence-electron chi connectivity index (χ3n) is 2.37. The lowest BCUT2D eigenvalue weighted by molar-refractivity contribution is 0.453. The summed E-state index contributed by atoms with van der Waals surface area (Å²) in [5.74, 6) is 0. The third kappa shape index (κ3) is 4.15. The first-order valence-electron chi connectivity index (χ1n) is 5.43. The van der Waals surface area contributed by atoms with Crippen molar-refractivity contribution in [3.8, 4) is 0 Å². The minimum atomic E-state index is -3.31. The molecule has 0 aliphatic carbocycles. The van der Waals surface area contributed by atoms with Gasteiger partial charge in [-0.25, -0.2) is 8.42 Å². The van der Waals surface area contributed by atoms with Gasteiger partial charge in [-0.1, -0.05) is 37.6 Å². The minimum absolute atomic E-state index is 0.476. The maximum absolute atomic E-state index is 11.8. The quantitative estimate of drug-likeness (QED) is 0.827. The van der Waals surface area contributed by atoms with Gasteiger partial charge in [0.25, 0.3) is 0 Å². The van der Waals surface area contributed by atoms with Crippen LogP contribution in [0.15, 0.2) is 29.7 Å². The normalized spacial score (nSPS) is 12.5. The topological polar surface area (TPSA) is 37.4 Å². The van der Waals surface area contributed by atoms with Gasteiger partial charge in [0.2, 0.25) is 10.0 Å². The van der Waals surface area contributed by atoms with E-state index < -0.39 is 10.0 Å².